The molecule has 31 heavy (non-hydrogen) atoms. The van der Waals surface area contributed by atoms with Crippen LogP contribution in [-0.4, -0.2) is 41.0 Å². The zero-order chi connectivity index (χ0) is 22.2. The van der Waals surface area contributed by atoms with E-state index in [1.165, 1.54) is 6.92 Å². The van der Waals surface area contributed by atoms with Gasteiger partial charge in [0.25, 0.3) is 0 Å². The molecule has 0 aliphatic rings. The van der Waals surface area contributed by atoms with Crippen LogP contribution in [0, 0.1) is 0 Å². The number of ether oxygens (including phenoxy) is 2. The van der Waals surface area contributed by atoms with Crippen LogP contribution in [0.15, 0.2) is 60.8 Å². The summed E-state index contributed by atoms with van der Waals surface area (Å²) < 4.78 is 10.2. The number of carbonyl (C=O) groups excluding carboxylic acids is 3. The number of benzene rings is 2. The van der Waals surface area contributed by atoms with Crippen LogP contribution >= 0.6 is 0 Å². The minimum absolute atomic E-state index is 0.0194. The molecule has 3 aromatic rings. The SMILES string of the molecule is CC(=O)OCCN(C(=O)C[C@H](N)c1c[nH]c2ccccc12)C(=O)OCc1ccccc1. The van der Waals surface area contributed by atoms with Gasteiger partial charge in [-0.05, 0) is 17.2 Å². The van der Waals surface area contributed by atoms with Gasteiger partial charge in [-0.1, -0.05) is 48.5 Å². The Labute approximate surface area is 179 Å². The molecule has 0 aliphatic carbocycles. The molecule has 0 fully saturated rings. The smallest absolute Gasteiger partial charge is 0.416 e. The number of aromatic nitrogens is 1. The highest BCUT2D eigenvalue weighted by molar-refractivity contribution is 5.93. The highest BCUT2D eigenvalue weighted by Gasteiger charge is 2.26. The number of nitrogens with two attached hydrogens (primary N) is 1. The molecule has 2 amide bonds. The van der Waals surface area contributed by atoms with E-state index in [1.54, 1.807) is 6.20 Å². The normalized spacial score (nSPS) is 11.7. The molecule has 3 rings (SSSR count). The summed E-state index contributed by atoms with van der Waals surface area (Å²) in [6.45, 7) is 1.04. The van der Waals surface area contributed by atoms with Gasteiger partial charge in [0.2, 0.25) is 5.91 Å². The van der Waals surface area contributed by atoms with Gasteiger partial charge >= 0.3 is 12.1 Å². The van der Waals surface area contributed by atoms with E-state index in [9.17, 15) is 14.4 Å². The van der Waals surface area contributed by atoms with Crippen molar-refractivity contribution in [2.75, 3.05) is 13.2 Å². The van der Waals surface area contributed by atoms with E-state index in [0.717, 1.165) is 26.9 Å². The Morgan fingerprint density at radius 2 is 1.74 bits per heavy atom. The molecular weight excluding hydrogens is 398 g/mol. The molecule has 0 spiro atoms. The van der Waals surface area contributed by atoms with Gasteiger partial charge < -0.3 is 20.2 Å². The van der Waals surface area contributed by atoms with Crippen LogP contribution in [0.2, 0.25) is 0 Å². The second kappa shape index (κ2) is 10.4. The number of aromatic amines is 1. The minimum atomic E-state index is -0.813. The van der Waals surface area contributed by atoms with E-state index in [-0.39, 0.29) is 26.2 Å². The fraction of sp³-hybridized carbons (Fsp3) is 0.261. The molecule has 0 bridgehead atoms. The average Bonchev–Trinajstić information content (AvgIpc) is 3.20. The summed E-state index contributed by atoms with van der Waals surface area (Å²) in [5.41, 5.74) is 8.76. The number of H-pyrrole nitrogens is 1. The molecule has 0 radical (unpaired) electrons. The maximum atomic E-state index is 12.9. The number of nitrogens with one attached hydrogen (secondary N) is 1. The molecule has 0 saturated heterocycles. The van der Waals surface area contributed by atoms with Crippen LogP contribution in [0.5, 0.6) is 0 Å². The highest BCUT2D eigenvalue weighted by Crippen LogP contribution is 2.25. The number of hydrogen-bond acceptors (Lipinski definition) is 6. The predicted molar refractivity (Wildman–Crippen MR) is 115 cm³/mol. The largest absolute Gasteiger partial charge is 0.464 e. The van der Waals surface area contributed by atoms with Crippen molar-refractivity contribution in [1.82, 2.24) is 9.88 Å². The van der Waals surface area contributed by atoms with Gasteiger partial charge in [-0.3, -0.25) is 9.59 Å². The van der Waals surface area contributed by atoms with Crippen molar-refractivity contribution in [2.24, 2.45) is 5.73 Å². The lowest BCUT2D eigenvalue weighted by atomic mass is 10.0. The standard InChI is InChI=1S/C23H25N3O5/c1-16(27)30-12-11-26(23(29)31-15-17-7-3-2-4-8-17)22(28)13-20(24)19-14-25-21-10-6-5-9-18(19)21/h2-10,14,20,25H,11-13,15,24H2,1H3/t20-/m0/s1. The van der Waals surface area contributed by atoms with Gasteiger partial charge in [0.15, 0.2) is 0 Å². The van der Waals surface area contributed by atoms with E-state index < -0.39 is 24.0 Å². The monoisotopic (exact) mass is 423 g/mol. The zero-order valence-corrected chi connectivity index (χ0v) is 17.2. The molecular formula is C23H25N3O5. The third-order valence-electron chi connectivity index (χ3n) is 4.76. The van der Waals surface area contributed by atoms with Crippen LogP contribution in [-0.2, 0) is 25.7 Å². The van der Waals surface area contributed by atoms with Gasteiger partial charge in [-0.15, -0.1) is 0 Å². The van der Waals surface area contributed by atoms with Crippen LogP contribution in [0.4, 0.5) is 4.79 Å². The van der Waals surface area contributed by atoms with Crippen molar-refractivity contribution in [2.45, 2.75) is 26.0 Å². The number of amides is 2. The summed E-state index contributed by atoms with van der Waals surface area (Å²) in [4.78, 5) is 40.6. The lowest BCUT2D eigenvalue weighted by molar-refractivity contribution is -0.143. The number of carbonyl (C=O) groups is 3. The lowest BCUT2D eigenvalue weighted by Gasteiger charge is -2.22. The van der Waals surface area contributed by atoms with Crippen molar-refractivity contribution < 1.29 is 23.9 Å². The fourth-order valence-corrected chi connectivity index (χ4v) is 3.20. The molecule has 0 unspecified atom stereocenters. The van der Waals surface area contributed by atoms with E-state index in [2.05, 4.69) is 4.98 Å². The number of nitrogens with zero attached hydrogens (tertiary/aromatic N) is 1. The third kappa shape index (κ3) is 5.93. The van der Waals surface area contributed by atoms with Gasteiger partial charge in [-0.2, -0.15) is 0 Å². The molecule has 1 aromatic heterocycles. The molecule has 2 aromatic carbocycles. The Morgan fingerprint density at radius 1 is 1.03 bits per heavy atom. The first-order valence-electron chi connectivity index (χ1n) is 9.91. The Balaban J connectivity index is 1.68. The van der Waals surface area contributed by atoms with E-state index >= 15 is 0 Å². The van der Waals surface area contributed by atoms with Crippen molar-refractivity contribution >= 4 is 28.9 Å². The third-order valence-corrected chi connectivity index (χ3v) is 4.76. The van der Waals surface area contributed by atoms with Gasteiger partial charge in [0, 0.05) is 36.5 Å². The lowest BCUT2D eigenvalue weighted by Crippen LogP contribution is -2.41. The molecule has 1 heterocycles. The first kappa shape index (κ1) is 22.0. The van der Waals surface area contributed by atoms with Crippen LogP contribution in [0.1, 0.15) is 30.5 Å². The number of rotatable bonds is 8. The number of para-hydroxylation sites is 1. The molecule has 1 atom stereocenters. The average molecular weight is 423 g/mol. The second-order valence-corrected chi connectivity index (χ2v) is 7.03. The number of hydrogen-bond donors (Lipinski definition) is 2. The zero-order valence-electron chi connectivity index (χ0n) is 17.2. The van der Waals surface area contributed by atoms with Gasteiger partial charge in [0.1, 0.15) is 13.2 Å². The summed E-state index contributed by atoms with van der Waals surface area (Å²) in [5, 5.41) is 0.918. The molecule has 3 N–H and O–H groups in total. The topological polar surface area (TPSA) is 115 Å². The quantitative estimate of drug-likeness (QED) is 0.537. The van der Waals surface area contributed by atoms with Crippen molar-refractivity contribution in [3.63, 3.8) is 0 Å². The van der Waals surface area contributed by atoms with E-state index in [1.807, 2.05) is 54.6 Å². The minimum Gasteiger partial charge on any atom is -0.464 e. The summed E-state index contributed by atoms with van der Waals surface area (Å²) in [5.74, 6) is -1.01. The first-order chi connectivity index (χ1) is 15.0. The Morgan fingerprint density at radius 3 is 2.48 bits per heavy atom. The number of fused-ring (bicyclic) bond motifs is 1. The summed E-state index contributed by atoms with van der Waals surface area (Å²) in [6.07, 6.45) is 0.842. The molecule has 8 nitrogen and oxygen atoms in total. The van der Waals surface area contributed by atoms with Gasteiger partial charge in [0.05, 0.1) is 6.54 Å². The van der Waals surface area contributed by atoms with Crippen molar-refractivity contribution in [3.05, 3.63) is 71.9 Å². The summed E-state index contributed by atoms with van der Waals surface area (Å²) in [6, 6.07) is 16.1. The summed E-state index contributed by atoms with van der Waals surface area (Å²) in [7, 11) is 0. The van der Waals surface area contributed by atoms with E-state index in [0.29, 0.717) is 0 Å². The highest BCUT2D eigenvalue weighted by atomic mass is 16.6. The number of esters is 1. The van der Waals surface area contributed by atoms with Crippen molar-refractivity contribution in [1.29, 1.82) is 0 Å². The fourth-order valence-electron chi connectivity index (χ4n) is 3.20. The molecule has 8 heteroatoms. The Hall–Kier alpha value is -3.65. The summed E-state index contributed by atoms with van der Waals surface area (Å²) >= 11 is 0. The Kier molecular flexibility index (Phi) is 7.40. The predicted octanol–water partition coefficient (Wildman–Crippen LogP) is 3.29. The number of imide groups is 1. The molecule has 162 valence electrons. The molecule has 0 saturated carbocycles. The van der Waals surface area contributed by atoms with Crippen molar-refractivity contribution in [3.8, 4) is 0 Å². The maximum Gasteiger partial charge on any atom is 0.416 e. The van der Waals surface area contributed by atoms with Crippen LogP contribution in [0.25, 0.3) is 10.9 Å². The maximum absolute atomic E-state index is 12.9. The second-order valence-electron chi connectivity index (χ2n) is 7.03. The van der Waals surface area contributed by atoms with Gasteiger partial charge in [-0.25, -0.2) is 9.69 Å². The Bertz CT molecular complexity index is 1050. The van der Waals surface area contributed by atoms with Crippen LogP contribution in [0.3, 0.4) is 0 Å². The molecule has 0 aliphatic heterocycles. The van der Waals surface area contributed by atoms with Crippen LogP contribution < -0.4 is 5.73 Å². The first-order valence-corrected chi connectivity index (χ1v) is 9.91. The van der Waals surface area contributed by atoms with E-state index in [4.69, 9.17) is 15.2 Å².